The standard InChI is InChI=1S/C17H22N4O3/c1-11(2)18-17(22)21-9-13(10-21)16-19-15(20-24-16)8-12-6-4-5-7-14(12)23-3/h4-7,11,13H,8-10H2,1-3H3,(H,18,22). The Morgan fingerprint density at radius 2 is 2.17 bits per heavy atom. The fourth-order valence-corrected chi connectivity index (χ4v) is 2.66. The largest absolute Gasteiger partial charge is 0.496 e. The fraction of sp³-hybridized carbons (Fsp3) is 0.471. The van der Waals surface area contributed by atoms with Crippen LogP contribution in [0.1, 0.15) is 37.0 Å². The molecule has 2 heterocycles. The Balaban J connectivity index is 1.58. The van der Waals surface area contributed by atoms with Gasteiger partial charge in [0, 0.05) is 31.1 Å². The van der Waals surface area contributed by atoms with Crippen molar-refractivity contribution in [2.75, 3.05) is 20.2 Å². The maximum Gasteiger partial charge on any atom is 0.317 e. The fourth-order valence-electron chi connectivity index (χ4n) is 2.66. The number of hydrogen-bond donors (Lipinski definition) is 1. The highest BCUT2D eigenvalue weighted by Gasteiger charge is 2.35. The van der Waals surface area contributed by atoms with Gasteiger partial charge in [0.25, 0.3) is 0 Å². The van der Waals surface area contributed by atoms with Gasteiger partial charge in [0.05, 0.1) is 13.0 Å². The van der Waals surface area contributed by atoms with Crippen molar-refractivity contribution in [2.45, 2.75) is 32.2 Å². The molecule has 0 bridgehead atoms. The minimum absolute atomic E-state index is 0.0463. The Kier molecular flexibility index (Phi) is 4.69. The van der Waals surface area contributed by atoms with Gasteiger partial charge >= 0.3 is 6.03 Å². The normalized spacial score (nSPS) is 14.6. The van der Waals surface area contributed by atoms with Crippen LogP contribution in [0.4, 0.5) is 4.79 Å². The zero-order chi connectivity index (χ0) is 17.1. The number of hydrogen-bond acceptors (Lipinski definition) is 5. The van der Waals surface area contributed by atoms with Crippen molar-refractivity contribution < 1.29 is 14.1 Å². The van der Waals surface area contributed by atoms with Gasteiger partial charge in [-0.2, -0.15) is 4.98 Å². The lowest BCUT2D eigenvalue weighted by molar-refractivity contribution is 0.135. The monoisotopic (exact) mass is 330 g/mol. The van der Waals surface area contributed by atoms with Crippen LogP contribution in [-0.2, 0) is 6.42 Å². The summed E-state index contributed by atoms with van der Waals surface area (Å²) >= 11 is 0. The molecule has 0 atom stereocenters. The van der Waals surface area contributed by atoms with E-state index in [2.05, 4.69) is 15.5 Å². The molecule has 2 amide bonds. The molecule has 0 saturated carbocycles. The molecular weight excluding hydrogens is 308 g/mol. The van der Waals surface area contributed by atoms with E-state index >= 15 is 0 Å². The first kappa shape index (κ1) is 16.3. The number of carbonyl (C=O) groups is 1. The molecule has 1 saturated heterocycles. The maximum absolute atomic E-state index is 11.9. The molecule has 7 heteroatoms. The number of likely N-dealkylation sites (tertiary alicyclic amines) is 1. The second kappa shape index (κ2) is 6.90. The van der Waals surface area contributed by atoms with Crippen LogP contribution >= 0.6 is 0 Å². The summed E-state index contributed by atoms with van der Waals surface area (Å²) in [5.41, 5.74) is 1.01. The van der Waals surface area contributed by atoms with Gasteiger partial charge in [0.15, 0.2) is 5.82 Å². The number of nitrogens with one attached hydrogen (secondary N) is 1. The first-order chi connectivity index (χ1) is 11.6. The second-order valence-electron chi connectivity index (χ2n) is 6.24. The van der Waals surface area contributed by atoms with E-state index in [0.29, 0.717) is 31.2 Å². The summed E-state index contributed by atoms with van der Waals surface area (Å²) in [6, 6.07) is 7.86. The molecule has 7 nitrogen and oxygen atoms in total. The van der Waals surface area contributed by atoms with Crippen molar-refractivity contribution in [3.05, 3.63) is 41.5 Å². The van der Waals surface area contributed by atoms with E-state index in [9.17, 15) is 4.79 Å². The Hall–Kier alpha value is -2.57. The summed E-state index contributed by atoms with van der Waals surface area (Å²) in [5.74, 6) is 2.14. The van der Waals surface area contributed by atoms with E-state index in [-0.39, 0.29) is 18.0 Å². The van der Waals surface area contributed by atoms with Gasteiger partial charge in [-0.05, 0) is 19.9 Å². The minimum Gasteiger partial charge on any atom is -0.496 e. The highest BCUT2D eigenvalue weighted by atomic mass is 16.5. The van der Waals surface area contributed by atoms with Crippen molar-refractivity contribution in [3.63, 3.8) is 0 Å². The Labute approximate surface area is 141 Å². The highest BCUT2D eigenvalue weighted by molar-refractivity contribution is 5.75. The summed E-state index contributed by atoms with van der Waals surface area (Å²) < 4.78 is 10.7. The third-order valence-corrected chi connectivity index (χ3v) is 3.96. The van der Waals surface area contributed by atoms with Crippen LogP contribution in [0.2, 0.25) is 0 Å². The van der Waals surface area contributed by atoms with E-state index in [4.69, 9.17) is 9.26 Å². The SMILES string of the molecule is COc1ccccc1Cc1noc(C2CN(C(=O)NC(C)C)C2)n1. The number of methoxy groups -OCH3 is 1. The molecule has 0 spiro atoms. The quantitative estimate of drug-likeness (QED) is 0.909. The predicted molar refractivity (Wildman–Crippen MR) is 88.1 cm³/mol. The maximum atomic E-state index is 11.9. The average molecular weight is 330 g/mol. The Morgan fingerprint density at radius 1 is 1.42 bits per heavy atom. The Bertz CT molecular complexity index is 707. The summed E-state index contributed by atoms with van der Waals surface area (Å²) in [7, 11) is 1.64. The lowest BCUT2D eigenvalue weighted by Gasteiger charge is -2.37. The molecule has 1 aromatic heterocycles. The number of nitrogens with zero attached hydrogens (tertiary/aromatic N) is 3. The minimum atomic E-state index is -0.0463. The molecule has 2 aromatic rings. The number of urea groups is 1. The number of rotatable bonds is 5. The molecular formula is C17H22N4O3. The van der Waals surface area contributed by atoms with Crippen molar-refractivity contribution in [3.8, 4) is 5.75 Å². The topological polar surface area (TPSA) is 80.5 Å². The smallest absolute Gasteiger partial charge is 0.317 e. The predicted octanol–water partition coefficient (Wildman–Crippen LogP) is 2.19. The van der Waals surface area contributed by atoms with E-state index in [1.54, 1.807) is 12.0 Å². The molecule has 24 heavy (non-hydrogen) atoms. The molecule has 1 fully saturated rings. The van der Waals surface area contributed by atoms with E-state index in [0.717, 1.165) is 11.3 Å². The van der Waals surface area contributed by atoms with Crippen LogP contribution in [0, 0.1) is 0 Å². The van der Waals surface area contributed by atoms with Gasteiger partial charge in [-0.3, -0.25) is 0 Å². The second-order valence-corrected chi connectivity index (χ2v) is 6.24. The molecule has 1 aliphatic heterocycles. The molecule has 1 aromatic carbocycles. The van der Waals surface area contributed by atoms with E-state index < -0.39 is 0 Å². The molecule has 0 unspecified atom stereocenters. The Morgan fingerprint density at radius 3 is 2.88 bits per heavy atom. The van der Waals surface area contributed by atoms with Gasteiger partial charge in [0.2, 0.25) is 5.89 Å². The molecule has 1 aliphatic rings. The van der Waals surface area contributed by atoms with Crippen LogP contribution in [-0.4, -0.2) is 47.3 Å². The third kappa shape index (κ3) is 3.50. The first-order valence-corrected chi connectivity index (χ1v) is 8.06. The number of benzene rings is 1. The molecule has 0 aliphatic carbocycles. The molecule has 1 N–H and O–H groups in total. The summed E-state index contributed by atoms with van der Waals surface area (Å²) in [6.45, 7) is 5.10. The zero-order valence-corrected chi connectivity index (χ0v) is 14.2. The van der Waals surface area contributed by atoms with Crippen LogP contribution in [0.5, 0.6) is 5.75 Å². The number of carbonyl (C=O) groups excluding carboxylic acids is 1. The van der Waals surface area contributed by atoms with Crippen LogP contribution < -0.4 is 10.1 Å². The number of ether oxygens (including phenoxy) is 1. The van der Waals surface area contributed by atoms with Gasteiger partial charge in [-0.15, -0.1) is 0 Å². The van der Waals surface area contributed by atoms with Gasteiger partial charge in [-0.1, -0.05) is 23.4 Å². The number of amides is 2. The molecule has 128 valence electrons. The number of para-hydroxylation sites is 1. The number of aromatic nitrogens is 2. The summed E-state index contributed by atoms with van der Waals surface area (Å²) in [4.78, 5) is 18.1. The van der Waals surface area contributed by atoms with Crippen LogP contribution in [0.3, 0.4) is 0 Å². The first-order valence-electron chi connectivity index (χ1n) is 8.06. The van der Waals surface area contributed by atoms with Crippen molar-refractivity contribution >= 4 is 6.03 Å². The van der Waals surface area contributed by atoms with E-state index in [1.165, 1.54) is 0 Å². The van der Waals surface area contributed by atoms with Gasteiger partial charge in [0.1, 0.15) is 5.75 Å². The van der Waals surface area contributed by atoms with Crippen LogP contribution in [0.25, 0.3) is 0 Å². The van der Waals surface area contributed by atoms with Crippen LogP contribution in [0.15, 0.2) is 28.8 Å². The summed E-state index contributed by atoms with van der Waals surface area (Å²) in [6.07, 6.45) is 0.553. The molecule has 3 rings (SSSR count). The average Bonchev–Trinajstić information content (AvgIpc) is 2.93. The lowest BCUT2D eigenvalue weighted by Crippen LogP contribution is -2.53. The van der Waals surface area contributed by atoms with Crippen molar-refractivity contribution in [1.29, 1.82) is 0 Å². The van der Waals surface area contributed by atoms with Crippen molar-refractivity contribution in [1.82, 2.24) is 20.4 Å². The van der Waals surface area contributed by atoms with Gasteiger partial charge < -0.3 is 19.5 Å². The van der Waals surface area contributed by atoms with Gasteiger partial charge in [-0.25, -0.2) is 4.79 Å². The van der Waals surface area contributed by atoms with E-state index in [1.807, 2.05) is 38.1 Å². The summed E-state index contributed by atoms with van der Waals surface area (Å²) in [5, 5.41) is 6.92. The zero-order valence-electron chi connectivity index (χ0n) is 14.2. The highest BCUT2D eigenvalue weighted by Crippen LogP contribution is 2.26. The molecule has 0 radical (unpaired) electrons. The third-order valence-electron chi connectivity index (χ3n) is 3.96. The lowest BCUT2D eigenvalue weighted by atomic mass is 10.0. The van der Waals surface area contributed by atoms with Crippen molar-refractivity contribution in [2.24, 2.45) is 0 Å².